The third-order valence-corrected chi connectivity index (χ3v) is 8.53. The van der Waals surface area contributed by atoms with E-state index in [1.54, 1.807) is 35.2 Å². The molecule has 250 valence electrons. The molecule has 1 aliphatic rings. The molecule has 1 fully saturated rings. The maximum atomic E-state index is 13.9. The Morgan fingerprint density at radius 3 is 2.29 bits per heavy atom. The lowest BCUT2D eigenvalue weighted by molar-refractivity contribution is -0.132. The van der Waals surface area contributed by atoms with Crippen molar-refractivity contribution < 1.29 is 33.7 Å². The molecule has 1 heterocycles. The number of rotatable bonds is 11. The van der Waals surface area contributed by atoms with Crippen molar-refractivity contribution >= 4 is 40.1 Å². The summed E-state index contributed by atoms with van der Waals surface area (Å²) in [4.78, 5) is 39.6. The van der Waals surface area contributed by atoms with Gasteiger partial charge in [0.2, 0.25) is 5.91 Å². The van der Waals surface area contributed by atoms with E-state index in [1.165, 1.54) is 19.2 Å². The number of carboxylic acids is 1. The first-order valence-corrected chi connectivity index (χ1v) is 16.0. The average molecular weight is 660 g/mol. The zero-order chi connectivity index (χ0) is 34.3. The minimum Gasteiger partial charge on any atom is -0.495 e. The molecule has 2 atom stereocenters. The molecule has 0 radical (unpaired) electrons. The number of methoxy groups -OCH3 is 1. The summed E-state index contributed by atoms with van der Waals surface area (Å²) >= 11 is 0. The van der Waals surface area contributed by atoms with Crippen LogP contribution in [0.1, 0.15) is 27.9 Å². The number of carboxylic acid groups (broad SMARTS) is 1. The zero-order valence-corrected chi connectivity index (χ0v) is 27.2. The van der Waals surface area contributed by atoms with Gasteiger partial charge in [0.25, 0.3) is 0 Å². The smallest absolute Gasteiger partial charge is 0.335 e. The molecule has 49 heavy (non-hydrogen) atoms. The molecule has 3 N–H and O–H groups in total. The highest BCUT2D eigenvalue weighted by Gasteiger charge is 2.37. The number of nitrogens with one attached hydrogen (secondary N) is 2. The summed E-state index contributed by atoms with van der Waals surface area (Å²) in [5, 5.41) is 17.1. The summed E-state index contributed by atoms with van der Waals surface area (Å²) in [5.74, 6) is 0.531. The van der Waals surface area contributed by atoms with E-state index in [2.05, 4.69) is 10.6 Å². The predicted octanol–water partition coefficient (Wildman–Crippen LogP) is 7.17. The van der Waals surface area contributed by atoms with Crippen molar-refractivity contribution in [1.29, 1.82) is 0 Å². The highest BCUT2D eigenvalue weighted by molar-refractivity contribution is 6.01. The quantitative estimate of drug-likeness (QED) is 0.137. The van der Waals surface area contributed by atoms with Gasteiger partial charge in [0.1, 0.15) is 30.0 Å². The van der Waals surface area contributed by atoms with E-state index in [0.717, 1.165) is 27.6 Å². The lowest BCUT2D eigenvalue weighted by Gasteiger charge is -2.25. The topological polar surface area (TPSA) is 126 Å². The van der Waals surface area contributed by atoms with Crippen molar-refractivity contribution in [1.82, 2.24) is 4.90 Å². The van der Waals surface area contributed by atoms with Gasteiger partial charge in [-0.3, -0.25) is 4.79 Å². The monoisotopic (exact) mass is 659 g/mol. The Hall–Kier alpha value is -6.03. The summed E-state index contributed by atoms with van der Waals surface area (Å²) < 4.78 is 18.0. The predicted molar refractivity (Wildman–Crippen MR) is 188 cm³/mol. The van der Waals surface area contributed by atoms with Gasteiger partial charge in [0, 0.05) is 12.1 Å². The molecule has 10 heteroatoms. The number of anilines is 2. The minimum atomic E-state index is -1.02. The van der Waals surface area contributed by atoms with Crippen molar-refractivity contribution in [3.63, 3.8) is 0 Å². The molecule has 1 saturated heterocycles. The number of likely N-dealkylation sites (tertiary alicyclic amines) is 1. The van der Waals surface area contributed by atoms with Crippen LogP contribution in [0.2, 0.25) is 0 Å². The number of urea groups is 1. The molecule has 10 nitrogen and oxygen atoms in total. The maximum Gasteiger partial charge on any atom is 0.335 e. The number of aryl methyl sites for hydroxylation is 1. The van der Waals surface area contributed by atoms with Crippen molar-refractivity contribution in [2.75, 3.05) is 30.9 Å². The molecule has 1 aliphatic heterocycles. The SMILES string of the molecule is COc1cc(CC(=O)N2C[C@@H](Oc3ccc4ccccc4c3)C[C@H]2COc2ccc(C(=O)O)cc2)ccc1NC(=O)Nc1ccccc1C. The van der Waals surface area contributed by atoms with E-state index in [-0.39, 0.29) is 36.6 Å². The molecule has 0 unspecified atom stereocenters. The Balaban J connectivity index is 1.15. The fraction of sp³-hybridized carbons (Fsp3) is 0.205. The second kappa shape index (κ2) is 14.8. The fourth-order valence-electron chi connectivity index (χ4n) is 5.96. The summed E-state index contributed by atoms with van der Waals surface area (Å²) in [6.45, 7) is 2.49. The van der Waals surface area contributed by atoms with Crippen LogP contribution in [0.25, 0.3) is 10.8 Å². The third-order valence-electron chi connectivity index (χ3n) is 8.53. The molecule has 5 aromatic rings. The molecular formula is C39H37N3O7. The number of carbonyl (C=O) groups excluding carboxylic acids is 2. The first-order valence-electron chi connectivity index (χ1n) is 16.0. The van der Waals surface area contributed by atoms with Crippen LogP contribution in [0, 0.1) is 6.92 Å². The molecule has 0 bridgehead atoms. The Morgan fingerprint density at radius 1 is 0.816 bits per heavy atom. The van der Waals surface area contributed by atoms with Crippen LogP contribution in [-0.2, 0) is 11.2 Å². The van der Waals surface area contributed by atoms with Crippen LogP contribution in [-0.4, -0.2) is 60.3 Å². The lowest BCUT2D eigenvalue weighted by Crippen LogP contribution is -2.40. The van der Waals surface area contributed by atoms with Crippen LogP contribution in [0.4, 0.5) is 16.2 Å². The minimum absolute atomic E-state index is 0.0958. The Bertz CT molecular complexity index is 1980. The third kappa shape index (κ3) is 8.10. The lowest BCUT2D eigenvalue weighted by atomic mass is 10.1. The normalized spacial score (nSPS) is 15.4. The second-order valence-corrected chi connectivity index (χ2v) is 11.9. The van der Waals surface area contributed by atoms with E-state index in [9.17, 15) is 19.5 Å². The molecule has 3 amide bonds. The number of carbonyl (C=O) groups is 3. The van der Waals surface area contributed by atoms with Gasteiger partial charge in [-0.15, -0.1) is 0 Å². The average Bonchev–Trinajstić information content (AvgIpc) is 3.51. The van der Waals surface area contributed by atoms with E-state index in [4.69, 9.17) is 14.2 Å². The molecule has 0 spiro atoms. The zero-order valence-electron chi connectivity index (χ0n) is 27.2. The van der Waals surface area contributed by atoms with Gasteiger partial charge in [-0.05, 0) is 83.4 Å². The number of para-hydroxylation sites is 1. The van der Waals surface area contributed by atoms with E-state index >= 15 is 0 Å². The first kappa shape index (κ1) is 32.9. The second-order valence-electron chi connectivity index (χ2n) is 11.9. The van der Waals surface area contributed by atoms with Crippen LogP contribution in [0.3, 0.4) is 0 Å². The maximum absolute atomic E-state index is 13.9. The van der Waals surface area contributed by atoms with Crippen molar-refractivity contribution in [3.8, 4) is 17.2 Å². The molecule has 0 aliphatic carbocycles. The first-order chi connectivity index (χ1) is 23.7. The molecule has 5 aromatic carbocycles. The van der Waals surface area contributed by atoms with Crippen LogP contribution >= 0.6 is 0 Å². The number of aromatic carboxylic acids is 1. The summed E-state index contributed by atoms with van der Waals surface area (Å²) in [5.41, 5.74) is 2.98. The van der Waals surface area contributed by atoms with Crippen LogP contribution < -0.4 is 24.8 Å². The van der Waals surface area contributed by atoms with Crippen molar-refractivity contribution in [2.24, 2.45) is 0 Å². The number of amides is 3. The van der Waals surface area contributed by atoms with Gasteiger partial charge in [0.15, 0.2) is 0 Å². The van der Waals surface area contributed by atoms with Gasteiger partial charge >= 0.3 is 12.0 Å². The number of nitrogens with zero attached hydrogens (tertiary/aromatic N) is 1. The Kier molecular flexibility index (Phi) is 9.94. The number of benzene rings is 5. The summed E-state index contributed by atoms with van der Waals surface area (Å²) in [7, 11) is 1.51. The van der Waals surface area contributed by atoms with Gasteiger partial charge < -0.3 is 34.9 Å². The van der Waals surface area contributed by atoms with E-state index in [1.807, 2.05) is 73.7 Å². The summed E-state index contributed by atoms with van der Waals surface area (Å²) in [6, 6.07) is 32.2. The fourth-order valence-corrected chi connectivity index (χ4v) is 5.96. The summed E-state index contributed by atoms with van der Waals surface area (Å²) in [6.07, 6.45) is 0.382. The number of hydrogen-bond donors (Lipinski definition) is 3. The highest BCUT2D eigenvalue weighted by Crippen LogP contribution is 2.30. The van der Waals surface area contributed by atoms with Gasteiger partial charge in [-0.1, -0.05) is 54.6 Å². The number of hydrogen-bond acceptors (Lipinski definition) is 6. The van der Waals surface area contributed by atoms with Crippen molar-refractivity contribution in [3.05, 3.63) is 126 Å². The van der Waals surface area contributed by atoms with Crippen molar-refractivity contribution in [2.45, 2.75) is 31.9 Å². The van der Waals surface area contributed by atoms with Crippen LogP contribution in [0.15, 0.2) is 109 Å². The molecule has 0 aromatic heterocycles. The van der Waals surface area contributed by atoms with E-state index < -0.39 is 12.0 Å². The van der Waals surface area contributed by atoms with Crippen LogP contribution in [0.5, 0.6) is 17.2 Å². The number of ether oxygens (including phenoxy) is 3. The standard InChI is InChI=1S/C39H37N3O7/c1-25-7-3-6-10-34(25)40-39(46)41-35-18-11-26(19-36(35)47-2)20-37(43)42-23-33(49-32-17-12-27-8-4-5-9-29(27)21-32)22-30(42)24-48-31-15-13-28(14-16-31)38(44)45/h3-19,21,30,33H,20,22-24H2,1-2H3,(H,44,45)(H2,40,41,46)/t30-,33-/m0/s1. The van der Waals surface area contributed by atoms with E-state index in [0.29, 0.717) is 35.8 Å². The van der Waals surface area contributed by atoms with Gasteiger partial charge in [-0.2, -0.15) is 0 Å². The molecular weight excluding hydrogens is 622 g/mol. The largest absolute Gasteiger partial charge is 0.495 e. The Morgan fingerprint density at radius 2 is 1.53 bits per heavy atom. The molecule has 0 saturated carbocycles. The molecule has 6 rings (SSSR count). The van der Waals surface area contributed by atoms with Gasteiger partial charge in [0.05, 0.1) is 37.4 Å². The number of fused-ring (bicyclic) bond motifs is 1. The van der Waals surface area contributed by atoms with Gasteiger partial charge in [-0.25, -0.2) is 9.59 Å². The highest BCUT2D eigenvalue weighted by atomic mass is 16.5. The Labute approximate surface area is 284 Å².